The van der Waals surface area contributed by atoms with E-state index in [4.69, 9.17) is 0 Å². The molecule has 0 aliphatic heterocycles. The number of rotatable bonds is 1. The number of hydrogen-bond acceptors (Lipinski definition) is 2. The van der Waals surface area contributed by atoms with Crippen LogP contribution in [-0.4, -0.2) is 18.8 Å². The van der Waals surface area contributed by atoms with Crippen molar-refractivity contribution in [2.24, 2.45) is 4.99 Å². The lowest BCUT2D eigenvalue weighted by molar-refractivity contribution is -0.137. The molecule has 0 bridgehead atoms. The summed E-state index contributed by atoms with van der Waals surface area (Å²) < 4.78 is 37.2. The minimum Gasteiger partial charge on any atom is -0.311 e. The van der Waals surface area contributed by atoms with Crippen molar-refractivity contribution in [2.45, 2.75) is 13.1 Å². The molecule has 1 aromatic rings. The fourth-order valence-corrected chi connectivity index (χ4v) is 1.13. The molecule has 0 aliphatic carbocycles. The standard InChI is InChI=1S/C11H11F3N2O/c1-7(15-2)16-10(17)8-4-3-5-9(6-8)11(12,13)14/h3-6H,1-2H3,(H,15,16,17). The highest BCUT2D eigenvalue weighted by molar-refractivity contribution is 6.05. The van der Waals surface area contributed by atoms with Crippen LogP contribution >= 0.6 is 0 Å². The molecule has 6 heteroatoms. The molecule has 1 rings (SSSR count). The molecule has 1 amide bonds. The Bertz CT molecular complexity index is 452. The van der Waals surface area contributed by atoms with Crippen LogP contribution in [0.25, 0.3) is 0 Å². The van der Waals surface area contributed by atoms with Gasteiger partial charge in [0.1, 0.15) is 0 Å². The zero-order valence-electron chi connectivity index (χ0n) is 9.30. The van der Waals surface area contributed by atoms with E-state index in [0.717, 1.165) is 12.1 Å². The summed E-state index contributed by atoms with van der Waals surface area (Å²) in [5.41, 5.74) is -0.904. The number of amides is 1. The van der Waals surface area contributed by atoms with Gasteiger partial charge in [0, 0.05) is 12.6 Å². The number of alkyl halides is 3. The quantitative estimate of drug-likeness (QED) is 0.598. The van der Waals surface area contributed by atoms with Crippen LogP contribution in [0.3, 0.4) is 0 Å². The topological polar surface area (TPSA) is 41.5 Å². The average Bonchev–Trinajstić information content (AvgIpc) is 2.28. The van der Waals surface area contributed by atoms with E-state index in [2.05, 4.69) is 10.3 Å². The van der Waals surface area contributed by atoms with Crippen molar-refractivity contribution in [1.82, 2.24) is 5.32 Å². The van der Waals surface area contributed by atoms with Crippen molar-refractivity contribution in [3.8, 4) is 0 Å². The molecule has 17 heavy (non-hydrogen) atoms. The summed E-state index contributed by atoms with van der Waals surface area (Å²) in [6.07, 6.45) is -4.45. The van der Waals surface area contributed by atoms with Gasteiger partial charge in [0.05, 0.1) is 11.4 Å². The molecule has 0 saturated carbocycles. The van der Waals surface area contributed by atoms with Crippen molar-refractivity contribution in [1.29, 1.82) is 0 Å². The van der Waals surface area contributed by atoms with Gasteiger partial charge >= 0.3 is 6.18 Å². The number of nitrogens with one attached hydrogen (secondary N) is 1. The Morgan fingerprint density at radius 1 is 1.35 bits per heavy atom. The van der Waals surface area contributed by atoms with Crippen molar-refractivity contribution in [3.63, 3.8) is 0 Å². The zero-order valence-corrected chi connectivity index (χ0v) is 9.30. The van der Waals surface area contributed by atoms with Crippen molar-refractivity contribution >= 4 is 11.7 Å². The van der Waals surface area contributed by atoms with E-state index >= 15 is 0 Å². The number of benzene rings is 1. The number of nitrogens with zero attached hydrogens (tertiary/aromatic N) is 1. The fourth-order valence-electron chi connectivity index (χ4n) is 1.13. The first-order valence-electron chi connectivity index (χ1n) is 4.76. The van der Waals surface area contributed by atoms with Gasteiger partial charge in [-0.15, -0.1) is 0 Å². The monoisotopic (exact) mass is 244 g/mol. The zero-order chi connectivity index (χ0) is 13.1. The van der Waals surface area contributed by atoms with Crippen molar-refractivity contribution in [3.05, 3.63) is 35.4 Å². The minimum atomic E-state index is -4.45. The Kier molecular flexibility index (Phi) is 3.88. The van der Waals surface area contributed by atoms with Crippen LogP contribution in [0.15, 0.2) is 29.3 Å². The first kappa shape index (κ1) is 13.2. The fraction of sp³-hybridized carbons (Fsp3) is 0.273. The highest BCUT2D eigenvalue weighted by Crippen LogP contribution is 2.29. The van der Waals surface area contributed by atoms with E-state index in [9.17, 15) is 18.0 Å². The first-order chi connectivity index (χ1) is 7.84. The number of carbonyl (C=O) groups is 1. The molecule has 0 fully saturated rings. The molecular weight excluding hydrogens is 233 g/mol. The Hall–Kier alpha value is -1.85. The lowest BCUT2D eigenvalue weighted by atomic mass is 10.1. The van der Waals surface area contributed by atoms with Gasteiger partial charge in [0.25, 0.3) is 5.91 Å². The minimum absolute atomic E-state index is 0.0529. The van der Waals surface area contributed by atoms with Crippen LogP contribution in [0.1, 0.15) is 22.8 Å². The molecule has 0 saturated heterocycles. The molecule has 0 heterocycles. The Labute approximate surface area is 96.4 Å². The molecule has 1 aromatic carbocycles. The number of hydrogen-bond donors (Lipinski definition) is 1. The van der Waals surface area contributed by atoms with Crippen LogP contribution in [0.2, 0.25) is 0 Å². The summed E-state index contributed by atoms with van der Waals surface area (Å²) in [4.78, 5) is 15.2. The highest BCUT2D eigenvalue weighted by atomic mass is 19.4. The summed E-state index contributed by atoms with van der Waals surface area (Å²) in [5.74, 6) is -0.272. The maximum Gasteiger partial charge on any atom is 0.416 e. The van der Waals surface area contributed by atoms with E-state index in [0.29, 0.717) is 5.84 Å². The van der Waals surface area contributed by atoms with Crippen molar-refractivity contribution < 1.29 is 18.0 Å². The van der Waals surface area contributed by atoms with Gasteiger partial charge in [-0.1, -0.05) is 6.07 Å². The molecule has 0 radical (unpaired) electrons. The summed E-state index contributed by atoms with van der Waals surface area (Å²) in [6.45, 7) is 1.55. The second kappa shape index (κ2) is 4.99. The molecule has 0 spiro atoms. The SMILES string of the molecule is CN=C(C)NC(=O)c1cccc(C(F)(F)F)c1. The van der Waals surface area contributed by atoms with Crippen LogP contribution in [0.5, 0.6) is 0 Å². The van der Waals surface area contributed by atoms with Crippen molar-refractivity contribution in [2.75, 3.05) is 7.05 Å². The van der Waals surface area contributed by atoms with E-state index < -0.39 is 17.6 Å². The third-order valence-electron chi connectivity index (χ3n) is 2.08. The average molecular weight is 244 g/mol. The summed E-state index contributed by atoms with van der Waals surface area (Å²) in [5, 5.41) is 2.37. The van der Waals surface area contributed by atoms with Gasteiger partial charge in [0.2, 0.25) is 0 Å². The predicted octanol–water partition coefficient (Wildman–Crippen LogP) is 2.48. The van der Waals surface area contributed by atoms with E-state index in [-0.39, 0.29) is 5.56 Å². The molecule has 3 nitrogen and oxygen atoms in total. The molecule has 92 valence electrons. The molecule has 0 unspecified atom stereocenters. The Morgan fingerprint density at radius 2 is 2.00 bits per heavy atom. The number of carbonyl (C=O) groups excluding carboxylic acids is 1. The molecule has 0 aliphatic rings. The van der Waals surface area contributed by atoms with Crippen LogP contribution in [0, 0.1) is 0 Å². The first-order valence-corrected chi connectivity index (χ1v) is 4.76. The van der Waals surface area contributed by atoms with Gasteiger partial charge < -0.3 is 5.32 Å². The van der Waals surface area contributed by atoms with Gasteiger partial charge in [-0.25, -0.2) is 0 Å². The molecule has 1 N–H and O–H groups in total. The molecule has 0 aromatic heterocycles. The second-order valence-electron chi connectivity index (χ2n) is 3.34. The highest BCUT2D eigenvalue weighted by Gasteiger charge is 2.30. The van der Waals surface area contributed by atoms with Gasteiger partial charge in [-0.3, -0.25) is 9.79 Å². The number of halogens is 3. The lowest BCUT2D eigenvalue weighted by Gasteiger charge is -2.08. The Balaban J connectivity index is 2.96. The maximum atomic E-state index is 12.4. The van der Waals surface area contributed by atoms with Gasteiger partial charge in [0.15, 0.2) is 0 Å². The van der Waals surface area contributed by atoms with Crippen LogP contribution < -0.4 is 5.32 Å². The van der Waals surface area contributed by atoms with Gasteiger partial charge in [-0.2, -0.15) is 13.2 Å². The molecule has 0 atom stereocenters. The smallest absolute Gasteiger partial charge is 0.311 e. The largest absolute Gasteiger partial charge is 0.416 e. The van der Waals surface area contributed by atoms with E-state index in [1.807, 2.05) is 0 Å². The lowest BCUT2D eigenvalue weighted by Crippen LogP contribution is -2.28. The third kappa shape index (κ3) is 3.58. The van der Waals surface area contributed by atoms with Crippen LogP contribution in [0.4, 0.5) is 13.2 Å². The molecular formula is C11H11F3N2O. The van der Waals surface area contributed by atoms with E-state index in [1.54, 1.807) is 6.92 Å². The van der Waals surface area contributed by atoms with Crippen LogP contribution in [-0.2, 0) is 6.18 Å². The van der Waals surface area contributed by atoms with Gasteiger partial charge in [-0.05, 0) is 25.1 Å². The normalized spacial score (nSPS) is 12.4. The third-order valence-corrected chi connectivity index (χ3v) is 2.08. The summed E-state index contributed by atoms with van der Waals surface area (Å²) in [6, 6.07) is 4.22. The predicted molar refractivity (Wildman–Crippen MR) is 57.9 cm³/mol. The maximum absolute atomic E-state index is 12.4. The number of aliphatic imine (C=N–C) groups is 1. The second-order valence-corrected chi connectivity index (χ2v) is 3.34. The Morgan fingerprint density at radius 3 is 2.53 bits per heavy atom. The van der Waals surface area contributed by atoms with E-state index in [1.165, 1.54) is 19.2 Å². The summed E-state index contributed by atoms with van der Waals surface area (Å²) >= 11 is 0. The number of amidine groups is 1. The summed E-state index contributed by atoms with van der Waals surface area (Å²) in [7, 11) is 1.47.